The molecule has 94 valence electrons. The summed E-state index contributed by atoms with van der Waals surface area (Å²) in [5.74, 6) is -1.46. The summed E-state index contributed by atoms with van der Waals surface area (Å²) in [6.07, 6.45) is -1.49. The van der Waals surface area contributed by atoms with E-state index in [4.69, 9.17) is 15.6 Å². The van der Waals surface area contributed by atoms with Crippen molar-refractivity contribution < 1.29 is 24.9 Å². The molecular weight excluding hydrogens is 226 g/mol. The van der Waals surface area contributed by atoms with E-state index < -0.39 is 18.1 Å². The molecule has 0 aliphatic carbocycles. The highest BCUT2D eigenvalue weighted by atomic mass is 16.5. The predicted molar refractivity (Wildman–Crippen MR) is 59.8 cm³/mol. The fourth-order valence-corrected chi connectivity index (χ4v) is 1.38. The lowest BCUT2D eigenvalue weighted by Gasteiger charge is -2.17. The molecule has 0 aliphatic rings. The molecule has 0 fully saturated rings. The van der Waals surface area contributed by atoms with Crippen LogP contribution in [0.15, 0.2) is 18.2 Å². The summed E-state index contributed by atoms with van der Waals surface area (Å²) in [6, 6.07) is 2.95. The average Bonchev–Trinajstić information content (AvgIpc) is 2.30. The van der Waals surface area contributed by atoms with Crippen LogP contribution in [0.2, 0.25) is 0 Å². The maximum Gasteiger partial charge on any atom is 0.323 e. The van der Waals surface area contributed by atoms with Crippen molar-refractivity contribution in [1.29, 1.82) is 0 Å². The Morgan fingerprint density at radius 3 is 2.71 bits per heavy atom. The molecule has 0 saturated carbocycles. The van der Waals surface area contributed by atoms with Crippen LogP contribution in [-0.2, 0) is 4.79 Å². The largest absolute Gasteiger partial charge is 0.504 e. The van der Waals surface area contributed by atoms with Gasteiger partial charge < -0.3 is 25.8 Å². The van der Waals surface area contributed by atoms with Crippen LogP contribution in [0, 0.1) is 0 Å². The highest BCUT2D eigenvalue weighted by molar-refractivity contribution is 5.74. The van der Waals surface area contributed by atoms with Gasteiger partial charge in [-0.1, -0.05) is 12.1 Å². The monoisotopic (exact) mass is 241 g/mol. The van der Waals surface area contributed by atoms with Crippen LogP contribution in [0.5, 0.6) is 11.5 Å². The Balaban J connectivity index is 3.05. The summed E-state index contributed by atoms with van der Waals surface area (Å²) in [5.41, 5.74) is 5.32. The lowest BCUT2D eigenvalue weighted by molar-refractivity contribution is -0.141. The normalized spacial score (nSPS) is 14.1. The van der Waals surface area contributed by atoms with Crippen molar-refractivity contribution in [2.24, 2.45) is 5.73 Å². The number of aliphatic carboxylic acids is 1. The molecule has 0 bridgehead atoms. The lowest BCUT2D eigenvalue weighted by atomic mass is 10.0. The Morgan fingerprint density at radius 2 is 2.18 bits per heavy atom. The van der Waals surface area contributed by atoms with E-state index >= 15 is 0 Å². The lowest BCUT2D eigenvalue weighted by Crippen LogP contribution is -2.36. The fraction of sp³-hybridized carbons (Fsp3) is 0.364. The highest BCUT2D eigenvalue weighted by Gasteiger charge is 2.26. The molecule has 0 aliphatic heterocycles. The van der Waals surface area contributed by atoms with Gasteiger partial charge in [0, 0.05) is 5.56 Å². The Bertz CT molecular complexity index is 407. The van der Waals surface area contributed by atoms with Crippen molar-refractivity contribution in [2.45, 2.75) is 19.1 Å². The van der Waals surface area contributed by atoms with E-state index in [9.17, 15) is 15.0 Å². The number of ether oxygens (including phenoxy) is 1. The van der Waals surface area contributed by atoms with Gasteiger partial charge in [-0.05, 0) is 13.0 Å². The number of phenolic OH excluding ortho intramolecular Hbond substituents is 1. The molecule has 6 nitrogen and oxygen atoms in total. The molecule has 0 amide bonds. The van der Waals surface area contributed by atoms with Gasteiger partial charge in [-0.25, -0.2) is 0 Å². The van der Waals surface area contributed by atoms with Gasteiger partial charge in [0.05, 0.1) is 6.61 Å². The van der Waals surface area contributed by atoms with Gasteiger partial charge in [-0.3, -0.25) is 4.79 Å². The standard InChI is InChI=1S/C11H15NO5/c1-2-17-7-5-3-4-6(9(7)13)10(14)8(12)11(15)16/h3-5,8,10,13-14H,2,12H2,1H3,(H,15,16). The van der Waals surface area contributed by atoms with E-state index in [1.54, 1.807) is 6.92 Å². The fourth-order valence-electron chi connectivity index (χ4n) is 1.38. The first-order valence-electron chi connectivity index (χ1n) is 5.10. The summed E-state index contributed by atoms with van der Waals surface area (Å²) in [4.78, 5) is 10.6. The molecule has 1 rings (SSSR count). The molecule has 1 aromatic carbocycles. The van der Waals surface area contributed by atoms with E-state index in [2.05, 4.69) is 0 Å². The van der Waals surface area contributed by atoms with Crippen LogP contribution >= 0.6 is 0 Å². The molecule has 6 heteroatoms. The number of phenols is 1. The molecule has 0 heterocycles. The molecule has 5 N–H and O–H groups in total. The molecule has 0 radical (unpaired) electrons. The second-order valence-corrected chi connectivity index (χ2v) is 3.44. The Kier molecular flexibility index (Phi) is 4.30. The molecule has 0 aromatic heterocycles. The van der Waals surface area contributed by atoms with E-state index in [0.29, 0.717) is 6.61 Å². The van der Waals surface area contributed by atoms with Gasteiger partial charge in [0.2, 0.25) is 0 Å². The maximum absolute atomic E-state index is 10.6. The van der Waals surface area contributed by atoms with Crippen LogP contribution in [0.4, 0.5) is 0 Å². The first-order chi connectivity index (χ1) is 7.99. The van der Waals surface area contributed by atoms with Crippen molar-refractivity contribution in [3.63, 3.8) is 0 Å². The zero-order chi connectivity index (χ0) is 13.0. The van der Waals surface area contributed by atoms with Crippen molar-refractivity contribution in [2.75, 3.05) is 6.61 Å². The van der Waals surface area contributed by atoms with Gasteiger partial charge in [-0.15, -0.1) is 0 Å². The van der Waals surface area contributed by atoms with E-state index in [1.807, 2.05) is 0 Å². The summed E-state index contributed by atoms with van der Waals surface area (Å²) in [6.45, 7) is 2.09. The van der Waals surface area contributed by atoms with Gasteiger partial charge in [-0.2, -0.15) is 0 Å². The van der Waals surface area contributed by atoms with Crippen LogP contribution in [0.25, 0.3) is 0 Å². The number of carbonyl (C=O) groups is 1. The summed E-state index contributed by atoms with van der Waals surface area (Å²) < 4.78 is 5.12. The van der Waals surface area contributed by atoms with Gasteiger partial charge in [0.1, 0.15) is 12.1 Å². The van der Waals surface area contributed by atoms with Crippen molar-refractivity contribution in [1.82, 2.24) is 0 Å². The first-order valence-corrected chi connectivity index (χ1v) is 5.10. The number of carboxylic acid groups (broad SMARTS) is 1. The number of benzene rings is 1. The van der Waals surface area contributed by atoms with E-state index in [1.165, 1.54) is 18.2 Å². The molecule has 1 aromatic rings. The minimum atomic E-state index is -1.50. The van der Waals surface area contributed by atoms with Crippen LogP contribution in [0.3, 0.4) is 0 Å². The van der Waals surface area contributed by atoms with E-state index in [-0.39, 0.29) is 17.1 Å². The van der Waals surface area contributed by atoms with Gasteiger partial charge >= 0.3 is 5.97 Å². The Labute approximate surface area is 98.3 Å². The number of rotatable bonds is 5. The van der Waals surface area contributed by atoms with Crippen LogP contribution in [0.1, 0.15) is 18.6 Å². The quantitative estimate of drug-likeness (QED) is 0.587. The van der Waals surface area contributed by atoms with Gasteiger partial charge in [0.15, 0.2) is 11.5 Å². The third-order valence-electron chi connectivity index (χ3n) is 2.27. The second-order valence-electron chi connectivity index (χ2n) is 3.44. The number of aliphatic hydroxyl groups is 1. The smallest absolute Gasteiger partial charge is 0.323 e. The third kappa shape index (κ3) is 2.86. The highest BCUT2D eigenvalue weighted by Crippen LogP contribution is 2.34. The molecular formula is C11H15NO5. The number of para-hydroxylation sites is 1. The van der Waals surface area contributed by atoms with Crippen molar-refractivity contribution >= 4 is 5.97 Å². The molecule has 17 heavy (non-hydrogen) atoms. The topological polar surface area (TPSA) is 113 Å². The Hall–Kier alpha value is -1.79. The number of aliphatic hydroxyl groups excluding tert-OH is 1. The zero-order valence-electron chi connectivity index (χ0n) is 9.33. The number of hydrogen-bond donors (Lipinski definition) is 4. The molecule has 2 atom stereocenters. The van der Waals surface area contributed by atoms with Crippen molar-refractivity contribution in [3.8, 4) is 11.5 Å². The summed E-state index contributed by atoms with van der Waals surface area (Å²) >= 11 is 0. The molecule has 0 spiro atoms. The summed E-state index contributed by atoms with van der Waals surface area (Å²) in [7, 11) is 0. The number of aromatic hydroxyl groups is 1. The SMILES string of the molecule is CCOc1cccc(C(O)C(N)C(=O)O)c1O. The molecule has 2 unspecified atom stereocenters. The minimum absolute atomic E-state index is 0.0332. The second kappa shape index (κ2) is 5.51. The summed E-state index contributed by atoms with van der Waals surface area (Å²) in [5, 5.41) is 28.2. The van der Waals surface area contributed by atoms with E-state index in [0.717, 1.165) is 0 Å². The van der Waals surface area contributed by atoms with Crippen LogP contribution in [-0.4, -0.2) is 33.9 Å². The first kappa shape index (κ1) is 13.3. The molecule has 0 saturated heterocycles. The number of nitrogens with two attached hydrogens (primary N) is 1. The predicted octanol–water partition coefficient (Wildman–Crippen LogP) is 0.236. The average molecular weight is 241 g/mol. The van der Waals surface area contributed by atoms with Gasteiger partial charge in [0.25, 0.3) is 0 Å². The maximum atomic E-state index is 10.6. The minimum Gasteiger partial charge on any atom is -0.504 e. The zero-order valence-corrected chi connectivity index (χ0v) is 9.33. The number of hydrogen-bond acceptors (Lipinski definition) is 5. The number of carboxylic acids is 1. The van der Waals surface area contributed by atoms with Crippen molar-refractivity contribution in [3.05, 3.63) is 23.8 Å². The van der Waals surface area contributed by atoms with Crippen LogP contribution < -0.4 is 10.5 Å². The third-order valence-corrected chi connectivity index (χ3v) is 2.27. The Morgan fingerprint density at radius 1 is 1.53 bits per heavy atom.